The van der Waals surface area contributed by atoms with Crippen molar-refractivity contribution in [2.45, 2.75) is 11.8 Å². The molecule has 3 aromatic rings. The maximum atomic E-state index is 13.0. The van der Waals surface area contributed by atoms with Gasteiger partial charge in [0.25, 0.3) is 0 Å². The smallest absolute Gasteiger partial charge is 0.244 e. The zero-order chi connectivity index (χ0) is 21.2. The topological polar surface area (TPSA) is 70.6 Å². The van der Waals surface area contributed by atoms with Crippen LogP contribution >= 0.6 is 35.3 Å². The number of anilines is 1. The summed E-state index contributed by atoms with van der Waals surface area (Å²) in [6, 6.07) is 11.7. The Bertz CT molecular complexity index is 1130. The average Bonchev–Trinajstić information content (AvgIpc) is 3.10. The number of benzene rings is 2. The Morgan fingerprint density at radius 1 is 1.10 bits per heavy atom. The Morgan fingerprint density at radius 3 is 2.40 bits per heavy atom. The first-order valence-electron chi connectivity index (χ1n) is 8.97. The van der Waals surface area contributed by atoms with E-state index in [1.165, 1.54) is 28.4 Å². The summed E-state index contributed by atoms with van der Waals surface area (Å²) < 4.78 is 26.3. The first kappa shape index (κ1) is 24.6. The van der Waals surface area contributed by atoms with Gasteiger partial charge >= 0.3 is 0 Å². The minimum Gasteiger partial charge on any atom is -0.308 e. The highest BCUT2D eigenvalue weighted by molar-refractivity contribution is 7.92. The normalized spacial score (nSPS) is 11.5. The van der Waals surface area contributed by atoms with Gasteiger partial charge in [0.15, 0.2) is 15.0 Å². The van der Waals surface area contributed by atoms with Crippen LogP contribution in [0, 0.1) is 6.92 Å². The van der Waals surface area contributed by atoms with E-state index in [0.717, 1.165) is 15.8 Å². The van der Waals surface area contributed by atoms with Gasteiger partial charge in [-0.05, 0) is 50.8 Å². The second-order valence-corrected chi connectivity index (χ2v) is 10.3. The molecule has 162 valence electrons. The number of halogens is 2. The summed E-state index contributed by atoms with van der Waals surface area (Å²) in [4.78, 5) is 21.2. The van der Waals surface area contributed by atoms with Crippen molar-refractivity contribution in [1.29, 1.82) is 0 Å². The van der Waals surface area contributed by atoms with Gasteiger partial charge < -0.3 is 4.90 Å². The highest BCUT2D eigenvalue weighted by Crippen LogP contribution is 2.33. The van der Waals surface area contributed by atoms with Crippen molar-refractivity contribution in [1.82, 2.24) is 9.88 Å². The van der Waals surface area contributed by atoms with Crippen LogP contribution in [0.3, 0.4) is 0 Å². The summed E-state index contributed by atoms with van der Waals surface area (Å²) in [5, 5.41) is 1.08. The number of aromatic nitrogens is 1. The van der Waals surface area contributed by atoms with Gasteiger partial charge in [0.1, 0.15) is 5.75 Å². The second kappa shape index (κ2) is 10.1. The van der Waals surface area contributed by atoms with Crippen LogP contribution in [0.25, 0.3) is 10.2 Å². The Hall–Kier alpha value is -1.71. The Balaban J connectivity index is 0.00000320. The maximum absolute atomic E-state index is 13.0. The molecular formula is C20H23Cl2N3O3S2. The predicted molar refractivity (Wildman–Crippen MR) is 126 cm³/mol. The summed E-state index contributed by atoms with van der Waals surface area (Å²) in [6.07, 6.45) is 0. The van der Waals surface area contributed by atoms with Gasteiger partial charge in [-0.3, -0.25) is 9.69 Å². The molecule has 0 aliphatic heterocycles. The van der Waals surface area contributed by atoms with Gasteiger partial charge in [0, 0.05) is 18.1 Å². The highest BCUT2D eigenvalue weighted by Gasteiger charge is 2.26. The Kier molecular flexibility index (Phi) is 8.24. The first-order valence-corrected chi connectivity index (χ1v) is 11.8. The van der Waals surface area contributed by atoms with E-state index in [1.807, 2.05) is 32.0 Å². The van der Waals surface area contributed by atoms with Gasteiger partial charge in [-0.25, -0.2) is 13.4 Å². The van der Waals surface area contributed by atoms with Crippen molar-refractivity contribution in [2.75, 3.05) is 37.8 Å². The van der Waals surface area contributed by atoms with E-state index in [-0.39, 0.29) is 17.3 Å². The fourth-order valence-electron chi connectivity index (χ4n) is 2.78. The first-order chi connectivity index (χ1) is 13.7. The molecule has 0 aliphatic carbocycles. The molecule has 0 N–H and O–H groups in total. The molecule has 0 radical (unpaired) electrons. The van der Waals surface area contributed by atoms with Gasteiger partial charge in [-0.2, -0.15) is 0 Å². The van der Waals surface area contributed by atoms with Crippen molar-refractivity contribution in [3.05, 3.63) is 53.1 Å². The molecule has 0 aliphatic rings. The number of amides is 1. The lowest BCUT2D eigenvalue weighted by Gasteiger charge is -2.22. The molecule has 2 aromatic carbocycles. The minimum absolute atomic E-state index is 0. The summed E-state index contributed by atoms with van der Waals surface area (Å²) in [5.74, 6) is -1.11. The van der Waals surface area contributed by atoms with Crippen LogP contribution in [-0.4, -0.2) is 57.1 Å². The van der Waals surface area contributed by atoms with E-state index in [2.05, 4.69) is 4.98 Å². The number of sulfone groups is 1. The average molecular weight is 488 g/mol. The highest BCUT2D eigenvalue weighted by atomic mass is 35.5. The van der Waals surface area contributed by atoms with Crippen LogP contribution in [0.5, 0.6) is 0 Å². The van der Waals surface area contributed by atoms with Crippen LogP contribution < -0.4 is 4.90 Å². The summed E-state index contributed by atoms with van der Waals surface area (Å²) >= 11 is 7.55. The van der Waals surface area contributed by atoms with Gasteiger partial charge in [-0.15, -0.1) is 12.4 Å². The van der Waals surface area contributed by atoms with Crippen LogP contribution in [0.2, 0.25) is 5.02 Å². The molecular weight excluding hydrogens is 465 g/mol. The zero-order valence-electron chi connectivity index (χ0n) is 16.8. The van der Waals surface area contributed by atoms with E-state index in [1.54, 1.807) is 24.3 Å². The van der Waals surface area contributed by atoms with E-state index >= 15 is 0 Å². The monoisotopic (exact) mass is 487 g/mol. The summed E-state index contributed by atoms with van der Waals surface area (Å²) in [7, 11) is 0.0438. The predicted octanol–water partition coefficient (Wildman–Crippen LogP) is 4.05. The number of rotatable bonds is 7. The number of likely N-dealkylation sites (N-methyl/N-ethyl adjacent to an activating group) is 1. The lowest BCUT2D eigenvalue weighted by atomic mass is 10.2. The van der Waals surface area contributed by atoms with Crippen LogP contribution in [0.1, 0.15) is 5.56 Å². The largest absolute Gasteiger partial charge is 0.308 e. The Labute approximate surface area is 191 Å². The van der Waals surface area contributed by atoms with Crippen molar-refractivity contribution < 1.29 is 13.2 Å². The Morgan fingerprint density at radius 2 is 1.77 bits per heavy atom. The van der Waals surface area contributed by atoms with E-state index in [4.69, 9.17) is 11.6 Å². The SMILES string of the molecule is Cc1c(Cl)ccc2sc(N(CCN(C)C)C(=O)CS(=O)(=O)c3ccccc3)nc12.Cl. The molecule has 0 spiro atoms. The third-order valence-corrected chi connectivity index (χ3v) is 7.53. The van der Waals surface area contributed by atoms with Crippen molar-refractivity contribution in [3.8, 4) is 0 Å². The number of hydrogen-bond donors (Lipinski definition) is 0. The van der Waals surface area contributed by atoms with Gasteiger partial charge in [0.05, 0.1) is 15.1 Å². The zero-order valence-corrected chi connectivity index (χ0v) is 20.0. The van der Waals surface area contributed by atoms with Crippen LogP contribution in [0.15, 0.2) is 47.4 Å². The maximum Gasteiger partial charge on any atom is 0.244 e. The van der Waals surface area contributed by atoms with E-state index in [9.17, 15) is 13.2 Å². The third kappa shape index (κ3) is 5.50. The van der Waals surface area contributed by atoms with Crippen molar-refractivity contribution in [2.24, 2.45) is 0 Å². The molecule has 3 rings (SSSR count). The standard InChI is InChI=1S/C20H22ClN3O3S2.ClH/c1-14-16(21)9-10-17-19(14)22-20(28-17)24(12-11-23(2)3)18(25)13-29(26,27)15-7-5-4-6-8-15;/h4-10H,11-13H2,1-3H3;1H. The third-order valence-electron chi connectivity index (χ3n) is 4.46. The van der Waals surface area contributed by atoms with Crippen molar-refractivity contribution >= 4 is 66.4 Å². The number of carbonyl (C=O) groups excluding carboxylic acids is 1. The van der Waals surface area contributed by atoms with E-state index < -0.39 is 21.5 Å². The molecule has 0 atom stereocenters. The number of thiazole rings is 1. The second-order valence-electron chi connectivity index (χ2n) is 6.94. The van der Waals surface area contributed by atoms with E-state index in [0.29, 0.717) is 23.2 Å². The molecule has 10 heteroatoms. The number of nitrogens with zero attached hydrogens (tertiary/aromatic N) is 3. The fourth-order valence-corrected chi connectivity index (χ4v) is 5.22. The fraction of sp³-hybridized carbons (Fsp3) is 0.300. The molecule has 0 saturated heterocycles. The molecule has 0 unspecified atom stereocenters. The molecule has 1 aromatic heterocycles. The number of hydrogen-bond acceptors (Lipinski definition) is 6. The number of carbonyl (C=O) groups is 1. The lowest BCUT2D eigenvalue weighted by molar-refractivity contribution is -0.116. The molecule has 0 saturated carbocycles. The minimum atomic E-state index is -3.75. The molecule has 1 heterocycles. The lowest BCUT2D eigenvalue weighted by Crippen LogP contribution is -2.40. The number of aryl methyl sites for hydroxylation is 1. The number of fused-ring (bicyclic) bond motifs is 1. The quantitative estimate of drug-likeness (QED) is 0.502. The molecule has 0 fully saturated rings. The molecule has 30 heavy (non-hydrogen) atoms. The van der Waals surface area contributed by atoms with Crippen LogP contribution in [0.4, 0.5) is 5.13 Å². The molecule has 1 amide bonds. The van der Waals surface area contributed by atoms with Crippen molar-refractivity contribution in [3.63, 3.8) is 0 Å². The molecule has 0 bridgehead atoms. The van der Waals surface area contributed by atoms with Gasteiger partial charge in [-0.1, -0.05) is 41.1 Å². The van der Waals surface area contributed by atoms with Crippen LogP contribution in [-0.2, 0) is 14.6 Å². The van der Waals surface area contributed by atoms with Gasteiger partial charge in [0.2, 0.25) is 5.91 Å². The summed E-state index contributed by atoms with van der Waals surface area (Å²) in [5.41, 5.74) is 1.56. The molecule has 6 nitrogen and oxygen atoms in total. The summed E-state index contributed by atoms with van der Waals surface area (Å²) in [6.45, 7) is 2.79.